The van der Waals surface area contributed by atoms with E-state index in [0.29, 0.717) is 5.91 Å². The van der Waals surface area contributed by atoms with Crippen molar-refractivity contribution in [3.05, 3.63) is 29.6 Å². The molecule has 32 heavy (non-hydrogen) atoms. The van der Waals surface area contributed by atoms with Gasteiger partial charge in [-0.25, -0.2) is 4.98 Å². The SMILES string of the molecule is Cn1c(CN2CCN(C(=O)C3CCCCC3)CC2)nc2cc(C(=O)N3CCCC3)ccc21. The van der Waals surface area contributed by atoms with Crippen LogP contribution >= 0.6 is 0 Å². The highest BCUT2D eigenvalue weighted by molar-refractivity contribution is 5.97. The second kappa shape index (κ2) is 9.22. The van der Waals surface area contributed by atoms with Gasteiger partial charge in [0, 0.05) is 57.8 Å². The lowest BCUT2D eigenvalue weighted by Gasteiger charge is -2.37. The maximum Gasteiger partial charge on any atom is 0.253 e. The molecule has 2 aromatic rings. The third kappa shape index (κ3) is 4.27. The van der Waals surface area contributed by atoms with Crippen molar-refractivity contribution >= 4 is 22.8 Å². The summed E-state index contributed by atoms with van der Waals surface area (Å²) in [6.07, 6.45) is 8.02. The normalized spacial score (nSPS) is 20.9. The molecule has 3 fully saturated rings. The zero-order valence-electron chi connectivity index (χ0n) is 19.3. The molecule has 1 saturated carbocycles. The average molecular weight is 438 g/mol. The number of hydrogen-bond donors (Lipinski definition) is 0. The molecule has 0 unspecified atom stereocenters. The molecular formula is C25H35N5O2. The molecule has 7 nitrogen and oxygen atoms in total. The molecular weight excluding hydrogens is 402 g/mol. The van der Waals surface area contributed by atoms with Gasteiger partial charge < -0.3 is 14.4 Å². The highest BCUT2D eigenvalue weighted by Gasteiger charge is 2.29. The largest absolute Gasteiger partial charge is 0.340 e. The zero-order valence-corrected chi connectivity index (χ0v) is 19.3. The van der Waals surface area contributed by atoms with Crippen LogP contribution in [0.1, 0.15) is 61.1 Å². The molecule has 1 aromatic heterocycles. The van der Waals surface area contributed by atoms with Crippen molar-refractivity contribution in [3.63, 3.8) is 0 Å². The number of amides is 2. The van der Waals surface area contributed by atoms with Gasteiger partial charge in [0.25, 0.3) is 5.91 Å². The molecule has 7 heteroatoms. The number of hydrogen-bond acceptors (Lipinski definition) is 4. The minimum Gasteiger partial charge on any atom is -0.340 e. The Kier molecular flexibility index (Phi) is 6.17. The van der Waals surface area contributed by atoms with E-state index in [2.05, 4.69) is 21.4 Å². The summed E-state index contributed by atoms with van der Waals surface area (Å²) in [5.41, 5.74) is 2.68. The smallest absolute Gasteiger partial charge is 0.253 e. The number of carbonyl (C=O) groups is 2. The Balaban J connectivity index is 1.22. The maximum atomic E-state index is 12.8. The van der Waals surface area contributed by atoms with Crippen molar-refractivity contribution in [1.29, 1.82) is 0 Å². The van der Waals surface area contributed by atoms with Gasteiger partial charge in [-0.1, -0.05) is 19.3 Å². The molecule has 3 aliphatic rings. The lowest BCUT2D eigenvalue weighted by Crippen LogP contribution is -2.50. The minimum atomic E-state index is 0.121. The first-order valence-corrected chi connectivity index (χ1v) is 12.4. The second-order valence-corrected chi connectivity index (χ2v) is 9.73. The zero-order chi connectivity index (χ0) is 22.1. The quantitative estimate of drug-likeness (QED) is 0.738. The Bertz CT molecular complexity index is 980. The third-order valence-electron chi connectivity index (χ3n) is 7.62. The van der Waals surface area contributed by atoms with Crippen LogP contribution < -0.4 is 0 Å². The van der Waals surface area contributed by atoms with Crippen LogP contribution in [0.15, 0.2) is 18.2 Å². The van der Waals surface area contributed by atoms with Crippen LogP contribution in [0, 0.1) is 5.92 Å². The molecule has 3 heterocycles. The molecule has 0 spiro atoms. The minimum absolute atomic E-state index is 0.121. The van der Waals surface area contributed by atoms with E-state index < -0.39 is 0 Å². The van der Waals surface area contributed by atoms with Crippen molar-refractivity contribution in [2.75, 3.05) is 39.3 Å². The third-order valence-corrected chi connectivity index (χ3v) is 7.62. The van der Waals surface area contributed by atoms with Crippen LogP contribution in [0.3, 0.4) is 0 Å². The van der Waals surface area contributed by atoms with Crippen LogP contribution in [-0.4, -0.2) is 75.3 Å². The number of fused-ring (bicyclic) bond motifs is 1. The molecule has 1 aromatic carbocycles. The molecule has 0 bridgehead atoms. The Morgan fingerprint density at radius 3 is 2.34 bits per heavy atom. The summed E-state index contributed by atoms with van der Waals surface area (Å²) >= 11 is 0. The molecule has 0 atom stereocenters. The van der Waals surface area contributed by atoms with Gasteiger partial charge in [0.1, 0.15) is 5.82 Å². The fourth-order valence-electron chi connectivity index (χ4n) is 5.56. The Labute approximate surface area is 190 Å². The van der Waals surface area contributed by atoms with Gasteiger partial charge in [0.05, 0.1) is 17.6 Å². The van der Waals surface area contributed by atoms with Gasteiger partial charge in [-0.05, 0) is 43.9 Å². The van der Waals surface area contributed by atoms with E-state index in [0.717, 1.165) is 93.9 Å². The van der Waals surface area contributed by atoms with Gasteiger partial charge in [-0.3, -0.25) is 14.5 Å². The number of nitrogens with zero attached hydrogens (tertiary/aromatic N) is 5. The highest BCUT2D eigenvalue weighted by atomic mass is 16.2. The first-order valence-electron chi connectivity index (χ1n) is 12.4. The van der Waals surface area contributed by atoms with Crippen LogP contribution in [-0.2, 0) is 18.4 Å². The van der Waals surface area contributed by atoms with E-state index in [9.17, 15) is 9.59 Å². The summed E-state index contributed by atoms with van der Waals surface area (Å²) < 4.78 is 2.14. The number of piperazine rings is 1. The summed E-state index contributed by atoms with van der Waals surface area (Å²) in [5.74, 6) is 1.77. The molecule has 2 saturated heterocycles. The lowest BCUT2D eigenvalue weighted by atomic mass is 9.88. The molecule has 2 aliphatic heterocycles. The Morgan fingerprint density at radius 2 is 1.62 bits per heavy atom. The van der Waals surface area contributed by atoms with Gasteiger partial charge >= 0.3 is 0 Å². The summed E-state index contributed by atoms with van der Waals surface area (Å²) in [5, 5.41) is 0. The van der Waals surface area contributed by atoms with Gasteiger partial charge in [0.15, 0.2) is 0 Å². The molecule has 5 rings (SSSR count). The summed E-state index contributed by atoms with van der Waals surface area (Å²) in [7, 11) is 2.05. The first-order chi connectivity index (χ1) is 15.6. The van der Waals surface area contributed by atoms with E-state index >= 15 is 0 Å². The highest BCUT2D eigenvalue weighted by Crippen LogP contribution is 2.26. The van der Waals surface area contributed by atoms with Crippen LogP contribution in [0.25, 0.3) is 11.0 Å². The first kappa shape index (κ1) is 21.4. The summed E-state index contributed by atoms with van der Waals surface area (Å²) in [6.45, 7) is 5.90. The average Bonchev–Trinajstić information content (AvgIpc) is 3.48. The van der Waals surface area contributed by atoms with Crippen molar-refractivity contribution < 1.29 is 9.59 Å². The maximum absolute atomic E-state index is 12.8. The number of rotatable bonds is 4. The Hall–Kier alpha value is -2.41. The lowest BCUT2D eigenvalue weighted by molar-refractivity contribution is -0.138. The fraction of sp³-hybridized carbons (Fsp3) is 0.640. The van der Waals surface area contributed by atoms with Gasteiger partial charge in [-0.2, -0.15) is 0 Å². The predicted molar refractivity (Wildman–Crippen MR) is 124 cm³/mol. The predicted octanol–water partition coefficient (Wildman–Crippen LogP) is 3.03. The fourth-order valence-corrected chi connectivity index (χ4v) is 5.56. The molecule has 0 radical (unpaired) electrons. The number of imidazole rings is 1. The van der Waals surface area contributed by atoms with E-state index in [1.165, 1.54) is 19.3 Å². The van der Waals surface area contributed by atoms with Crippen LogP contribution in [0.5, 0.6) is 0 Å². The van der Waals surface area contributed by atoms with Crippen LogP contribution in [0.2, 0.25) is 0 Å². The number of aromatic nitrogens is 2. The van der Waals surface area contributed by atoms with Gasteiger partial charge in [-0.15, -0.1) is 0 Å². The van der Waals surface area contributed by atoms with Crippen molar-refractivity contribution in [2.45, 2.75) is 51.5 Å². The van der Waals surface area contributed by atoms with E-state index in [1.807, 2.05) is 23.1 Å². The standard InChI is InChI=1S/C25H35N5O2/c1-27-22-10-9-20(25(32)29-11-5-6-12-29)17-21(22)26-23(27)18-28-13-15-30(16-14-28)24(31)19-7-3-2-4-8-19/h9-10,17,19H,2-8,11-16,18H2,1H3. The molecule has 172 valence electrons. The van der Waals surface area contributed by atoms with E-state index in [4.69, 9.17) is 4.98 Å². The number of aryl methyl sites for hydroxylation is 1. The molecule has 0 N–H and O–H groups in total. The number of likely N-dealkylation sites (tertiary alicyclic amines) is 1. The summed E-state index contributed by atoms with van der Waals surface area (Å²) in [4.78, 5) is 36.9. The van der Waals surface area contributed by atoms with E-state index in [-0.39, 0.29) is 11.8 Å². The molecule has 2 amide bonds. The second-order valence-electron chi connectivity index (χ2n) is 9.73. The van der Waals surface area contributed by atoms with Crippen molar-refractivity contribution in [1.82, 2.24) is 24.3 Å². The number of benzene rings is 1. The molecule has 1 aliphatic carbocycles. The van der Waals surface area contributed by atoms with Crippen molar-refractivity contribution in [2.24, 2.45) is 13.0 Å². The monoisotopic (exact) mass is 437 g/mol. The van der Waals surface area contributed by atoms with Gasteiger partial charge in [0.2, 0.25) is 5.91 Å². The van der Waals surface area contributed by atoms with Crippen LogP contribution in [0.4, 0.5) is 0 Å². The van der Waals surface area contributed by atoms with Crippen molar-refractivity contribution in [3.8, 4) is 0 Å². The van der Waals surface area contributed by atoms with E-state index in [1.54, 1.807) is 0 Å². The topological polar surface area (TPSA) is 61.7 Å². The number of carbonyl (C=O) groups excluding carboxylic acids is 2. The Morgan fingerprint density at radius 1 is 0.906 bits per heavy atom. The summed E-state index contributed by atoms with van der Waals surface area (Å²) in [6, 6.07) is 5.90.